The molecule has 0 aliphatic carbocycles. The summed E-state index contributed by atoms with van der Waals surface area (Å²) in [6.45, 7) is 1.94. The fraction of sp³-hybridized carbons (Fsp3) is 0.167. The molecule has 0 spiro atoms. The van der Waals surface area contributed by atoms with Gasteiger partial charge >= 0.3 is 0 Å². The van der Waals surface area contributed by atoms with Crippen molar-refractivity contribution >= 4 is 5.57 Å². The number of hydrogen-bond donors (Lipinski definition) is 0. The Balaban J connectivity index is 3.26. The summed E-state index contributed by atoms with van der Waals surface area (Å²) in [6, 6.07) is 13.4. The van der Waals surface area contributed by atoms with Crippen LogP contribution in [0.3, 0.4) is 0 Å². The van der Waals surface area contributed by atoms with E-state index in [2.05, 4.69) is 0 Å². The molecule has 2 heteroatoms. The highest BCUT2D eigenvalue weighted by Gasteiger charge is 2.05. The zero-order chi connectivity index (χ0) is 10.4. The van der Waals surface area contributed by atoms with Crippen molar-refractivity contribution in [2.45, 2.75) is 13.3 Å². The lowest BCUT2D eigenvalue weighted by atomic mass is 9.99. The highest BCUT2D eigenvalue weighted by molar-refractivity contribution is 5.74. The molecule has 0 aliphatic heterocycles. The largest absolute Gasteiger partial charge is 0.192 e. The maximum atomic E-state index is 8.76. The molecule has 1 aromatic carbocycles. The molecule has 0 unspecified atom stereocenters. The summed E-state index contributed by atoms with van der Waals surface area (Å²) in [6.07, 6.45) is 0.695. The third kappa shape index (κ3) is 2.00. The van der Waals surface area contributed by atoms with Crippen molar-refractivity contribution < 1.29 is 0 Å². The first-order valence-corrected chi connectivity index (χ1v) is 4.42. The molecule has 14 heavy (non-hydrogen) atoms. The highest BCUT2D eigenvalue weighted by Crippen LogP contribution is 2.21. The highest BCUT2D eigenvalue weighted by atomic mass is 14.3. The molecule has 1 aromatic rings. The average Bonchev–Trinajstić information content (AvgIpc) is 2.27. The lowest BCUT2D eigenvalue weighted by Gasteiger charge is -2.03. The molecule has 0 saturated carbocycles. The quantitative estimate of drug-likeness (QED) is 0.660. The van der Waals surface area contributed by atoms with E-state index >= 15 is 0 Å². The van der Waals surface area contributed by atoms with Gasteiger partial charge in [-0.05, 0) is 17.6 Å². The Kier molecular flexibility index (Phi) is 3.47. The van der Waals surface area contributed by atoms with Crippen molar-refractivity contribution in [2.75, 3.05) is 0 Å². The Hall–Kier alpha value is -2.06. The van der Waals surface area contributed by atoms with E-state index in [-0.39, 0.29) is 5.57 Å². The number of nitriles is 2. The summed E-state index contributed by atoms with van der Waals surface area (Å²) in [7, 11) is 0. The van der Waals surface area contributed by atoms with Gasteiger partial charge in [-0.2, -0.15) is 10.5 Å². The molecule has 2 nitrogen and oxygen atoms in total. The first-order chi connectivity index (χ1) is 6.83. The van der Waals surface area contributed by atoms with E-state index < -0.39 is 0 Å². The Morgan fingerprint density at radius 2 is 1.71 bits per heavy atom. The molecular weight excluding hydrogens is 172 g/mol. The minimum Gasteiger partial charge on any atom is -0.192 e. The van der Waals surface area contributed by atoms with Crippen molar-refractivity contribution in [3.8, 4) is 12.1 Å². The Labute approximate surface area is 83.7 Å². The zero-order valence-corrected chi connectivity index (χ0v) is 7.99. The van der Waals surface area contributed by atoms with Crippen LogP contribution in [0.5, 0.6) is 0 Å². The van der Waals surface area contributed by atoms with Gasteiger partial charge in [0, 0.05) is 0 Å². The molecule has 0 N–H and O–H groups in total. The number of nitrogens with zero attached hydrogens (tertiary/aromatic N) is 2. The van der Waals surface area contributed by atoms with Crippen molar-refractivity contribution in [1.29, 1.82) is 10.5 Å². The molecule has 0 aromatic heterocycles. The second-order valence-electron chi connectivity index (χ2n) is 2.80. The van der Waals surface area contributed by atoms with E-state index in [1.165, 1.54) is 0 Å². The van der Waals surface area contributed by atoms with Gasteiger partial charge in [0.15, 0.2) is 0 Å². The molecule has 0 radical (unpaired) electrons. The van der Waals surface area contributed by atoms with E-state index in [1.807, 2.05) is 49.4 Å². The van der Waals surface area contributed by atoms with Crippen LogP contribution in [0.1, 0.15) is 18.9 Å². The standard InChI is InChI=1S/C12H10N2/c1-2-12(11(8-13)9-14)10-6-4-3-5-7-10/h3-7H,2H2,1H3. The topological polar surface area (TPSA) is 47.6 Å². The normalized spacial score (nSPS) is 8.50. The van der Waals surface area contributed by atoms with Gasteiger partial charge in [0.05, 0.1) is 0 Å². The van der Waals surface area contributed by atoms with Crippen LogP contribution in [0.4, 0.5) is 0 Å². The summed E-state index contributed by atoms with van der Waals surface area (Å²) < 4.78 is 0. The van der Waals surface area contributed by atoms with Crippen molar-refractivity contribution in [3.05, 3.63) is 41.5 Å². The van der Waals surface area contributed by atoms with Crippen molar-refractivity contribution in [1.82, 2.24) is 0 Å². The number of allylic oxidation sites excluding steroid dienone is 2. The van der Waals surface area contributed by atoms with Crippen molar-refractivity contribution in [3.63, 3.8) is 0 Å². The molecule has 0 aliphatic rings. The van der Waals surface area contributed by atoms with Crippen LogP contribution in [0.25, 0.3) is 5.57 Å². The summed E-state index contributed by atoms with van der Waals surface area (Å²) in [4.78, 5) is 0. The maximum Gasteiger partial charge on any atom is 0.133 e. The molecule has 0 saturated heterocycles. The molecule has 1 rings (SSSR count). The smallest absolute Gasteiger partial charge is 0.133 e. The van der Waals surface area contributed by atoms with E-state index in [1.54, 1.807) is 0 Å². The summed E-state index contributed by atoms with van der Waals surface area (Å²) in [5.74, 6) is 0. The number of benzene rings is 1. The fourth-order valence-corrected chi connectivity index (χ4v) is 1.32. The second-order valence-corrected chi connectivity index (χ2v) is 2.80. The van der Waals surface area contributed by atoms with Gasteiger partial charge in [0.2, 0.25) is 0 Å². The van der Waals surface area contributed by atoms with Crippen LogP contribution >= 0.6 is 0 Å². The maximum absolute atomic E-state index is 8.76. The molecule has 68 valence electrons. The van der Waals surface area contributed by atoms with Crippen LogP contribution in [0.2, 0.25) is 0 Å². The van der Waals surface area contributed by atoms with Crippen LogP contribution in [0.15, 0.2) is 35.9 Å². The number of rotatable bonds is 2. The lowest BCUT2D eigenvalue weighted by molar-refractivity contribution is 1.23. The van der Waals surface area contributed by atoms with Gasteiger partial charge in [0.1, 0.15) is 17.7 Å². The Bertz CT molecular complexity index is 400. The molecule has 0 bridgehead atoms. The third-order valence-electron chi connectivity index (χ3n) is 2.00. The van der Waals surface area contributed by atoms with Crippen LogP contribution in [0, 0.1) is 22.7 Å². The van der Waals surface area contributed by atoms with Gasteiger partial charge in [-0.3, -0.25) is 0 Å². The fourth-order valence-electron chi connectivity index (χ4n) is 1.32. The van der Waals surface area contributed by atoms with Gasteiger partial charge in [-0.25, -0.2) is 0 Å². The summed E-state index contributed by atoms with van der Waals surface area (Å²) in [5, 5.41) is 17.5. The van der Waals surface area contributed by atoms with Gasteiger partial charge < -0.3 is 0 Å². The summed E-state index contributed by atoms with van der Waals surface area (Å²) in [5.41, 5.74) is 1.97. The predicted octanol–water partition coefficient (Wildman–Crippen LogP) is 2.90. The Morgan fingerprint density at radius 3 is 2.14 bits per heavy atom. The van der Waals surface area contributed by atoms with Gasteiger partial charge in [-0.1, -0.05) is 37.3 Å². The van der Waals surface area contributed by atoms with Crippen LogP contribution in [-0.4, -0.2) is 0 Å². The Morgan fingerprint density at radius 1 is 1.14 bits per heavy atom. The van der Waals surface area contributed by atoms with Crippen molar-refractivity contribution in [2.24, 2.45) is 0 Å². The monoisotopic (exact) mass is 182 g/mol. The van der Waals surface area contributed by atoms with E-state index in [0.29, 0.717) is 6.42 Å². The minimum absolute atomic E-state index is 0.207. The first-order valence-electron chi connectivity index (χ1n) is 4.42. The van der Waals surface area contributed by atoms with E-state index in [9.17, 15) is 0 Å². The van der Waals surface area contributed by atoms with E-state index in [0.717, 1.165) is 11.1 Å². The van der Waals surface area contributed by atoms with Crippen LogP contribution < -0.4 is 0 Å². The number of hydrogen-bond acceptors (Lipinski definition) is 2. The molecule has 0 atom stereocenters. The lowest BCUT2D eigenvalue weighted by Crippen LogP contribution is -1.87. The van der Waals surface area contributed by atoms with Crippen LogP contribution in [-0.2, 0) is 0 Å². The minimum atomic E-state index is 0.207. The molecule has 0 heterocycles. The second kappa shape index (κ2) is 4.84. The molecule has 0 amide bonds. The zero-order valence-electron chi connectivity index (χ0n) is 7.99. The van der Waals surface area contributed by atoms with Gasteiger partial charge in [-0.15, -0.1) is 0 Å². The SMILES string of the molecule is CCC(=C(C#N)C#N)c1ccccc1. The van der Waals surface area contributed by atoms with Gasteiger partial charge in [0.25, 0.3) is 0 Å². The first kappa shape index (κ1) is 10.0. The van der Waals surface area contributed by atoms with E-state index in [4.69, 9.17) is 10.5 Å². The third-order valence-corrected chi connectivity index (χ3v) is 2.00. The summed E-state index contributed by atoms with van der Waals surface area (Å²) >= 11 is 0. The average molecular weight is 182 g/mol. The molecular formula is C12H10N2. The predicted molar refractivity (Wildman–Crippen MR) is 54.9 cm³/mol. The molecule has 0 fully saturated rings.